The number of carbonyl (C=O) groups excluding carboxylic acids is 1. The summed E-state index contributed by atoms with van der Waals surface area (Å²) in [5.41, 5.74) is 7.90. The number of rotatable bonds is 4. The van der Waals surface area contributed by atoms with E-state index in [1.165, 1.54) is 0 Å². The number of nitrogens with one attached hydrogen (secondary N) is 1. The minimum absolute atomic E-state index is 0. The minimum Gasteiger partial charge on any atom is -0.347 e. The fourth-order valence-electron chi connectivity index (χ4n) is 3.13. The molecule has 3 atom stereocenters. The van der Waals surface area contributed by atoms with E-state index in [0.29, 0.717) is 5.02 Å². The van der Waals surface area contributed by atoms with Crippen LogP contribution in [-0.4, -0.2) is 16.9 Å². The third-order valence-electron chi connectivity index (χ3n) is 4.50. The monoisotopic (exact) mass is 399 g/mol. The molecule has 25 heavy (non-hydrogen) atoms. The molecule has 0 saturated heterocycles. The zero-order valence-electron chi connectivity index (χ0n) is 14.3. The van der Waals surface area contributed by atoms with Crippen molar-refractivity contribution >= 4 is 41.3 Å². The molecule has 1 aromatic carbocycles. The number of aromatic nitrogens is 1. The zero-order chi connectivity index (χ0) is 17.3. The van der Waals surface area contributed by atoms with Crippen LogP contribution in [0.5, 0.6) is 0 Å². The van der Waals surface area contributed by atoms with Crippen LogP contribution >= 0.6 is 35.3 Å². The molecular weight excluding hydrogens is 377 g/mol. The molecule has 136 valence electrons. The van der Waals surface area contributed by atoms with Gasteiger partial charge in [-0.2, -0.15) is 0 Å². The SMILES string of the molecule is Cc1sc(C(C)NC(=O)C2CCC(N)C2)nc1-c1ccc(Cl)cc1.Cl. The number of thiazole rings is 1. The maximum Gasteiger partial charge on any atom is 0.223 e. The Balaban J connectivity index is 0.00000225. The molecule has 1 heterocycles. The first-order valence-electron chi connectivity index (χ1n) is 8.23. The van der Waals surface area contributed by atoms with E-state index in [-0.39, 0.29) is 36.3 Å². The first-order chi connectivity index (χ1) is 11.4. The Labute approximate surface area is 163 Å². The van der Waals surface area contributed by atoms with E-state index in [0.717, 1.165) is 40.4 Å². The largest absolute Gasteiger partial charge is 0.347 e. The van der Waals surface area contributed by atoms with Gasteiger partial charge in [0.25, 0.3) is 0 Å². The maximum absolute atomic E-state index is 12.4. The molecule has 0 aliphatic heterocycles. The second kappa shape index (κ2) is 8.49. The van der Waals surface area contributed by atoms with E-state index in [1.807, 2.05) is 31.2 Å². The van der Waals surface area contributed by atoms with Gasteiger partial charge in [-0.25, -0.2) is 4.98 Å². The molecule has 0 spiro atoms. The van der Waals surface area contributed by atoms with Gasteiger partial charge in [0.15, 0.2) is 0 Å². The fraction of sp³-hybridized carbons (Fsp3) is 0.444. The average molecular weight is 400 g/mol. The van der Waals surface area contributed by atoms with Crippen LogP contribution in [0.3, 0.4) is 0 Å². The topological polar surface area (TPSA) is 68.0 Å². The molecule has 3 rings (SSSR count). The molecule has 4 nitrogen and oxygen atoms in total. The Morgan fingerprint density at radius 2 is 2.04 bits per heavy atom. The number of amides is 1. The van der Waals surface area contributed by atoms with Crippen LogP contribution in [0.1, 0.15) is 42.1 Å². The van der Waals surface area contributed by atoms with E-state index in [2.05, 4.69) is 12.2 Å². The molecule has 2 aromatic rings. The predicted octanol–water partition coefficient (Wildman–Crippen LogP) is 4.50. The highest BCUT2D eigenvalue weighted by molar-refractivity contribution is 7.12. The van der Waals surface area contributed by atoms with Gasteiger partial charge in [-0.1, -0.05) is 23.7 Å². The number of halogens is 2. The summed E-state index contributed by atoms with van der Waals surface area (Å²) in [6.45, 7) is 4.03. The van der Waals surface area contributed by atoms with Crippen molar-refractivity contribution in [3.05, 3.63) is 39.2 Å². The lowest BCUT2D eigenvalue weighted by Gasteiger charge is -2.15. The molecule has 1 amide bonds. The highest BCUT2D eigenvalue weighted by Gasteiger charge is 2.29. The van der Waals surface area contributed by atoms with Crippen molar-refractivity contribution in [1.82, 2.24) is 10.3 Å². The Morgan fingerprint density at radius 1 is 1.36 bits per heavy atom. The lowest BCUT2D eigenvalue weighted by molar-refractivity contribution is -0.125. The van der Waals surface area contributed by atoms with Crippen LogP contribution in [-0.2, 0) is 4.79 Å². The van der Waals surface area contributed by atoms with Crippen LogP contribution in [0.25, 0.3) is 11.3 Å². The van der Waals surface area contributed by atoms with E-state index >= 15 is 0 Å². The summed E-state index contributed by atoms with van der Waals surface area (Å²) >= 11 is 7.57. The average Bonchev–Trinajstić information content (AvgIpc) is 3.14. The number of hydrogen-bond acceptors (Lipinski definition) is 4. The Bertz CT molecular complexity index is 732. The summed E-state index contributed by atoms with van der Waals surface area (Å²) in [5, 5.41) is 4.73. The van der Waals surface area contributed by atoms with Crippen molar-refractivity contribution in [2.75, 3.05) is 0 Å². The number of hydrogen-bond donors (Lipinski definition) is 2. The summed E-state index contributed by atoms with van der Waals surface area (Å²) < 4.78 is 0. The first-order valence-corrected chi connectivity index (χ1v) is 9.42. The lowest BCUT2D eigenvalue weighted by Crippen LogP contribution is -2.32. The molecule has 1 aliphatic carbocycles. The van der Waals surface area contributed by atoms with Crippen LogP contribution in [0.4, 0.5) is 0 Å². The van der Waals surface area contributed by atoms with Gasteiger partial charge >= 0.3 is 0 Å². The van der Waals surface area contributed by atoms with Crippen LogP contribution in [0.2, 0.25) is 5.02 Å². The van der Waals surface area contributed by atoms with Crippen molar-refractivity contribution in [2.24, 2.45) is 11.7 Å². The minimum atomic E-state index is -0.0981. The molecule has 1 saturated carbocycles. The number of nitrogens with two attached hydrogens (primary N) is 1. The molecule has 3 N–H and O–H groups in total. The third-order valence-corrected chi connectivity index (χ3v) is 5.91. The first kappa shape index (κ1) is 20.2. The van der Waals surface area contributed by atoms with Gasteiger partial charge in [-0.3, -0.25) is 4.79 Å². The van der Waals surface area contributed by atoms with E-state index in [1.54, 1.807) is 11.3 Å². The Morgan fingerprint density at radius 3 is 2.64 bits per heavy atom. The second-order valence-corrected chi connectivity index (χ2v) is 8.14. The highest BCUT2D eigenvalue weighted by atomic mass is 35.5. The number of nitrogens with zero attached hydrogens (tertiary/aromatic N) is 1. The standard InChI is InChI=1S/C18H22ClN3OS.ClH/c1-10(21-17(23)13-5-8-15(20)9-13)18-22-16(11(2)24-18)12-3-6-14(19)7-4-12;/h3-4,6-7,10,13,15H,5,8-9,20H2,1-2H3,(H,21,23);1H. The number of benzene rings is 1. The van der Waals surface area contributed by atoms with Gasteiger partial charge in [0.1, 0.15) is 5.01 Å². The van der Waals surface area contributed by atoms with Gasteiger partial charge in [0, 0.05) is 27.4 Å². The third kappa shape index (κ3) is 4.73. The molecule has 1 aliphatic rings. The normalized spacial score (nSPS) is 20.8. The van der Waals surface area contributed by atoms with Crippen molar-refractivity contribution in [2.45, 2.75) is 45.2 Å². The summed E-state index contributed by atoms with van der Waals surface area (Å²) in [4.78, 5) is 18.2. The smallest absolute Gasteiger partial charge is 0.223 e. The van der Waals surface area contributed by atoms with Gasteiger partial charge in [0.2, 0.25) is 5.91 Å². The molecule has 0 radical (unpaired) electrons. The van der Waals surface area contributed by atoms with E-state index in [4.69, 9.17) is 22.3 Å². The predicted molar refractivity (Wildman–Crippen MR) is 106 cm³/mol. The molecule has 0 bridgehead atoms. The lowest BCUT2D eigenvalue weighted by atomic mass is 10.1. The van der Waals surface area contributed by atoms with Gasteiger partial charge < -0.3 is 11.1 Å². The van der Waals surface area contributed by atoms with Crippen LogP contribution in [0, 0.1) is 12.8 Å². The molecule has 7 heteroatoms. The quantitative estimate of drug-likeness (QED) is 0.794. The van der Waals surface area contributed by atoms with Crippen molar-refractivity contribution in [1.29, 1.82) is 0 Å². The van der Waals surface area contributed by atoms with E-state index < -0.39 is 0 Å². The highest BCUT2D eigenvalue weighted by Crippen LogP contribution is 2.32. The number of carbonyl (C=O) groups is 1. The molecular formula is C18H23Cl2N3OS. The van der Waals surface area contributed by atoms with Crippen molar-refractivity contribution in [3.63, 3.8) is 0 Å². The maximum atomic E-state index is 12.4. The fourth-order valence-corrected chi connectivity index (χ4v) is 4.20. The summed E-state index contributed by atoms with van der Waals surface area (Å²) in [5.74, 6) is 0.135. The Kier molecular flexibility index (Phi) is 6.86. The molecule has 1 aromatic heterocycles. The Hall–Kier alpha value is -1.14. The zero-order valence-corrected chi connectivity index (χ0v) is 16.7. The van der Waals surface area contributed by atoms with E-state index in [9.17, 15) is 4.79 Å². The van der Waals surface area contributed by atoms with Gasteiger partial charge in [-0.05, 0) is 45.2 Å². The molecule has 1 fully saturated rings. The summed E-state index contributed by atoms with van der Waals surface area (Å²) in [6.07, 6.45) is 2.60. The van der Waals surface area contributed by atoms with Crippen LogP contribution in [0.15, 0.2) is 24.3 Å². The van der Waals surface area contributed by atoms with Crippen molar-refractivity contribution < 1.29 is 4.79 Å². The van der Waals surface area contributed by atoms with Crippen LogP contribution < -0.4 is 11.1 Å². The van der Waals surface area contributed by atoms with Gasteiger partial charge in [0.05, 0.1) is 11.7 Å². The van der Waals surface area contributed by atoms with Crippen molar-refractivity contribution in [3.8, 4) is 11.3 Å². The molecule has 3 unspecified atom stereocenters. The summed E-state index contributed by atoms with van der Waals surface area (Å²) in [7, 11) is 0. The second-order valence-electron chi connectivity index (χ2n) is 6.46. The summed E-state index contributed by atoms with van der Waals surface area (Å²) in [6, 6.07) is 7.73. The number of aryl methyl sites for hydroxylation is 1. The van der Waals surface area contributed by atoms with Gasteiger partial charge in [-0.15, -0.1) is 23.7 Å².